The molecule has 5 heteroatoms. The van der Waals surface area contributed by atoms with Crippen molar-refractivity contribution in [1.29, 1.82) is 0 Å². The summed E-state index contributed by atoms with van der Waals surface area (Å²) in [6, 6.07) is 11.2. The van der Waals surface area contributed by atoms with Crippen molar-refractivity contribution in [3.8, 4) is 11.5 Å². The molecule has 0 saturated carbocycles. The van der Waals surface area contributed by atoms with Gasteiger partial charge in [0.1, 0.15) is 17.5 Å². The van der Waals surface area contributed by atoms with Gasteiger partial charge in [0.25, 0.3) is 0 Å². The van der Waals surface area contributed by atoms with E-state index in [0.717, 1.165) is 27.0 Å². The molecule has 0 saturated heterocycles. The summed E-state index contributed by atoms with van der Waals surface area (Å²) in [6.45, 7) is 2.01. The highest BCUT2D eigenvalue weighted by atomic mass is 79.9. The van der Waals surface area contributed by atoms with E-state index in [-0.39, 0.29) is 11.9 Å². The van der Waals surface area contributed by atoms with Crippen LogP contribution in [0, 0.1) is 6.92 Å². The van der Waals surface area contributed by atoms with E-state index in [9.17, 15) is 4.79 Å². The molecule has 1 amide bonds. The lowest BCUT2D eigenvalue weighted by atomic mass is 10.1. The van der Waals surface area contributed by atoms with Crippen LogP contribution in [0.25, 0.3) is 0 Å². The monoisotopic (exact) mass is 346 g/mol. The van der Waals surface area contributed by atoms with Gasteiger partial charge in [-0.25, -0.2) is 0 Å². The van der Waals surface area contributed by atoms with Crippen LogP contribution < -0.4 is 15.4 Å². The van der Waals surface area contributed by atoms with Crippen LogP contribution in [0.5, 0.6) is 11.5 Å². The number of carbonyl (C=O) groups excluding carboxylic acids is 1. The molecule has 0 bridgehead atoms. The smallest absolute Gasteiger partial charge is 0.246 e. The number of halogens is 1. The van der Waals surface area contributed by atoms with Crippen LogP contribution in [0.3, 0.4) is 0 Å². The Labute approximate surface area is 131 Å². The highest BCUT2D eigenvalue weighted by molar-refractivity contribution is 9.10. The summed E-state index contributed by atoms with van der Waals surface area (Å²) in [6.07, 6.45) is 0. The Morgan fingerprint density at radius 2 is 1.90 bits per heavy atom. The van der Waals surface area contributed by atoms with Crippen LogP contribution in [-0.4, -0.2) is 13.0 Å². The summed E-state index contributed by atoms with van der Waals surface area (Å²) in [4.78, 5) is 11.8. The van der Waals surface area contributed by atoms with Crippen LogP contribution in [0.4, 0.5) is 5.69 Å². The molecule has 0 aromatic heterocycles. The quantitative estimate of drug-likeness (QED) is 0.889. The van der Waals surface area contributed by atoms with E-state index in [2.05, 4.69) is 26.6 Å². The number of nitrogens with one attached hydrogen (secondary N) is 2. The molecule has 21 heavy (non-hydrogen) atoms. The first-order chi connectivity index (χ1) is 10.1. The molecule has 1 aliphatic rings. The number of hydrogen-bond acceptors (Lipinski definition) is 3. The first-order valence-corrected chi connectivity index (χ1v) is 7.44. The normalized spacial score (nSPS) is 16.5. The number of amides is 1. The van der Waals surface area contributed by atoms with Crippen molar-refractivity contribution in [1.82, 2.24) is 5.32 Å². The average molecular weight is 347 g/mol. The van der Waals surface area contributed by atoms with Crippen molar-refractivity contribution in [2.75, 3.05) is 12.4 Å². The molecule has 1 aliphatic heterocycles. The first-order valence-electron chi connectivity index (χ1n) is 6.64. The Balaban J connectivity index is 1.87. The molecule has 108 valence electrons. The number of benzene rings is 2. The zero-order valence-corrected chi connectivity index (χ0v) is 13.3. The first kappa shape index (κ1) is 14.1. The molecule has 0 radical (unpaired) electrons. The van der Waals surface area contributed by atoms with Crippen LogP contribution in [0.2, 0.25) is 0 Å². The molecule has 1 unspecified atom stereocenters. The molecule has 2 aromatic carbocycles. The predicted molar refractivity (Wildman–Crippen MR) is 85.8 cm³/mol. The summed E-state index contributed by atoms with van der Waals surface area (Å²) in [5, 5.41) is 5.85. The second-order valence-electron chi connectivity index (χ2n) is 4.97. The minimum atomic E-state index is -0.288. The molecule has 3 rings (SSSR count). The van der Waals surface area contributed by atoms with Crippen molar-refractivity contribution in [2.24, 2.45) is 0 Å². The molecule has 1 atom stereocenters. The van der Waals surface area contributed by atoms with Crippen molar-refractivity contribution >= 4 is 27.5 Å². The van der Waals surface area contributed by atoms with Gasteiger partial charge in [-0.05, 0) is 43.8 Å². The van der Waals surface area contributed by atoms with Gasteiger partial charge in [0, 0.05) is 21.8 Å². The summed E-state index contributed by atoms with van der Waals surface area (Å²) >= 11 is 3.47. The number of fused-ring (bicyclic) bond motifs is 1. The van der Waals surface area contributed by atoms with Gasteiger partial charge in [0.2, 0.25) is 5.91 Å². The van der Waals surface area contributed by atoms with Crippen LogP contribution in [0.1, 0.15) is 17.2 Å². The minimum absolute atomic E-state index is 0.0378. The number of rotatable bonds is 3. The van der Waals surface area contributed by atoms with E-state index in [0.29, 0.717) is 5.75 Å². The Kier molecular flexibility index (Phi) is 3.69. The van der Waals surface area contributed by atoms with E-state index in [1.807, 2.05) is 43.3 Å². The number of hydrogen-bond donors (Lipinski definition) is 2. The van der Waals surface area contributed by atoms with Gasteiger partial charge in [-0.3, -0.25) is 4.79 Å². The van der Waals surface area contributed by atoms with Gasteiger partial charge in [0.15, 0.2) is 0 Å². The maximum absolute atomic E-state index is 11.8. The minimum Gasteiger partial charge on any atom is -0.457 e. The Morgan fingerprint density at radius 1 is 1.19 bits per heavy atom. The highest BCUT2D eigenvalue weighted by Crippen LogP contribution is 2.35. The number of aryl methyl sites for hydroxylation is 1. The summed E-state index contributed by atoms with van der Waals surface area (Å²) in [5.41, 5.74) is 2.85. The zero-order valence-electron chi connectivity index (χ0n) is 11.7. The Morgan fingerprint density at radius 3 is 2.62 bits per heavy atom. The van der Waals surface area contributed by atoms with Gasteiger partial charge < -0.3 is 15.4 Å². The Hall–Kier alpha value is -1.85. The molecule has 0 spiro atoms. The lowest BCUT2D eigenvalue weighted by molar-refractivity contribution is -0.117. The highest BCUT2D eigenvalue weighted by Gasteiger charge is 2.29. The van der Waals surface area contributed by atoms with Gasteiger partial charge in [0.05, 0.1) is 0 Å². The van der Waals surface area contributed by atoms with Crippen LogP contribution in [0.15, 0.2) is 40.9 Å². The lowest BCUT2D eigenvalue weighted by Crippen LogP contribution is -2.23. The summed E-state index contributed by atoms with van der Waals surface area (Å²) in [5.74, 6) is 1.43. The maximum Gasteiger partial charge on any atom is 0.246 e. The topological polar surface area (TPSA) is 50.4 Å². The fourth-order valence-electron chi connectivity index (χ4n) is 2.41. The molecule has 2 aromatic rings. The lowest BCUT2D eigenvalue weighted by Gasteiger charge is -2.10. The van der Waals surface area contributed by atoms with Crippen molar-refractivity contribution in [3.63, 3.8) is 0 Å². The van der Waals surface area contributed by atoms with E-state index < -0.39 is 0 Å². The third-order valence-electron chi connectivity index (χ3n) is 3.51. The summed E-state index contributed by atoms with van der Waals surface area (Å²) in [7, 11) is 1.77. The third-order valence-corrected chi connectivity index (χ3v) is 4.40. The molecule has 1 heterocycles. The van der Waals surface area contributed by atoms with Gasteiger partial charge >= 0.3 is 0 Å². The number of carbonyl (C=O) groups is 1. The third kappa shape index (κ3) is 2.66. The van der Waals surface area contributed by atoms with E-state index in [4.69, 9.17) is 4.74 Å². The SMILES string of the molecule is CNC1C(=O)Nc2cc(Oc3ccc(Br)c(C)c3)ccc21. The van der Waals surface area contributed by atoms with Gasteiger partial charge in [-0.1, -0.05) is 22.0 Å². The van der Waals surface area contributed by atoms with E-state index in [1.165, 1.54) is 0 Å². The molecule has 2 N–H and O–H groups in total. The number of ether oxygens (including phenoxy) is 1. The number of anilines is 1. The van der Waals surface area contributed by atoms with Crippen LogP contribution >= 0.6 is 15.9 Å². The van der Waals surface area contributed by atoms with E-state index in [1.54, 1.807) is 7.05 Å². The predicted octanol–water partition coefficient (Wildman–Crippen LogP) is 3.76. The fourth-order valence-corrected chi connectivity index (χ4v) is 2.65. The van der Waals surface area contributed by atoms with Gasteiger partial charge in [-0.2, -0.15) is 0 Å². The average Bonchev–Trinajstić information content (AvgIpc) is 2.77. The van der Waals surface area contributed by atoms with E-state index >= 15 is 0 Å². The molecule has 0 fully saturated rings. The molecular weight excluding hydrogens is 332 g/mol. The molecular formula is C16H15BrN2O2. The molecule has 4 nitrogen and oxygen atoms in total. The number of likely N-dealkylation sites (N-methyl/N-ethyl adjacent to an activating group) is 1. The summed E-state index contributed by atoms with van der Waals surface area (Å²) < 4.78 is 6.90. The van der Waals surface area contributed by atoms with Crippen molar-refractivity contribution < 1.29 is 9.53 Å². The van der Waals surface area contributed by atoms with Crippen molar-refractivity contribution in [3.05, 3.63) is 52.0 Å². The Bertz CT molecular complexity index is 715. The molecule has 0 aliphatic carbocycles. The standard InChI is InChI=1S/C16H15BrN2O2/c1-9-7-10(4-6-13(9)17)21-11-3-5-12-14(8-11)19-16(20)15(12)18-2/h3-8,15,18H,1-2H3,(H,19,20). The largest absolute Gasteiger partial charge is 0.457 e. The van der Waals surface area contributed by atoms with Crippen molar-refractivity contribution in [2.45, 2.75) is 13.0 Å². The van der Waals surface area contributed by atoms with Crippen LogP contribution in [-0.2, 0) is 4.79 Å². The maximum atomic E-state index is 11.8. The zero-order chi connectivity index (χ0) is 15.0. The second kappa shape index (κ2) is 5.50. The van der Waals surface area contributed by atoms with Gasteiger partial charge in [-0.15, -0.1) is 0 Å². The fraction of sp³-hybridized carbons (Fsp3) is 0.188. The second-order valence-corrected chi connectivity index (χ2v) is 5.83.